The normalized spacial score (nSPS) is 14.8. The van der Waals surface area contributed by atoms with Crippen LogP contribution in [-0.4, -0.2) is 34.9 Å². The van der Waals surface area contributed by atoms with Crippen LogP contribution in [0.1, 0.15) is 42.7 Å². The highest BCUT2D eigenvalue weighted by Crippen LogP contribution is 2.33. The molecule has 0 saturated heterocycles. The highest BCUT2D eigenvalue weighted by atomic mass is 35.5. The van der Waals surface area contributed by atoms with Gasteiger partial charge >= 0.3 is 0 Å². The van der Waals surface area contributed by atoms with Crippen LogP contribution in [0.5, 0.6) is 0 Å². The molecule has 2 aromatic rings. The molecule has 0 aliphatic heterocycles. The Hall–Kier alpha value is -1.32. The monoisotopic (exact) mass is 318 g/mol. The van der Waals surface area contributed by atoms with E-state index < -0.39 is 0 Å². The molecule has 1 aliphatic carbocycles. The Bertz CT molecular complexity index is 701. The van der Waals surface area contributed by atoms with Crippen molar-refractivity contribution in [2.45, 2.75) is 39.7 Å². The second kappa shape index (κ2) is 6.43. The molecule has 0 bridgehead atoms. The first-order valence-electron chi connectivity index (χ1n) is 8.21. The van der Waals surface area contributed by atoms with Crippen LogP contribution in [-0.2, 0) is 13.0 Å². The summed E-state index contributed by atoms with van der Waals surface area (Å²) in [5, 5.41) is 1.91. The number of aryl methyl sites for hydroxylation is 1. The highest BCUT2D eigenvalue weighted by molar-refractivity contribution is 6.31. The van der Waals surface area contributed by atoms with Gasteiger partial charge in [-0.3, -0.25) is 4.79 Å². The molecule has 0 atom stereocenters. The fraction of sp³-hybridized carbons (Fsp3) is 0.500. The Morgan fingerprint density at radius 2 is 2.00 bits per heavy atom. The number of rotatable bonds is 5. The van der Waals surface area contributed by atoms with Gasteiger partial charge in [0, 0.05) is 35.4 Å². The van der Waals surface area contributed by atoms with Gasteiger partial charge in [-0.1, -0.05) is 25.4 Å². The Morgan fingerprint density at radius 1 is 1.23 bits per heavy atom. The zero-order valence-electron chi connectivity index (χ0n) is 13.4. The summed E-state index contributed by atoms with van der Waals surface area (Å²) in [4.78, 5) is 14.9. The molecule has 1 aromatic heterocycles. The lowest BCUT2D eigenvalue weighted by Gasteiger charge is -2.20. The van der Waals surface area contributed by atoms with Gasteiger partial charge in [-0.2, -0.15) is 0 Å². The van der Waals surface area contributed by atoms with Crippen molar-refractivity contribution in [3.8, 4) is 0 Å². The lowest BCUT2D eigenvalue weighted by molar-refractivity contribution is 0.0962. The number of fused-ring (bicyclic) bond motifs is 3. The molecular formula is C18H23ClN2O. The zero-order chi connectivity index (χ0) is 15.7. The summed E-state index contributed by atoms with van der Waals surface area (Å²) in [7, 11) is 0. The molecule has 0 amide bonds. The van der Waals surface area contributed by atoms with Crippen molar-refractivity contribution < 1.29 is 4.79 Å². The molecule has 118 valence electrons. The minimum atomic E-state index is 0.285. The van der Waals surface area contributed by atoms with Crippen molar-refractivity contribution in [3.63, 3.8) is 0 Å². The van der Waals surface area contributed by atoms with Crippen molar-refractivity contribution in [1.82, 2.24) is 9.47 Å². The number of nitrogens with zero attached hydrogens (tertiary/aromatic N) is 2. The number of hydrogen-bond acceptors (Lipinski definition) is 2. The Labute approximate surface area is 136 Å². The first kappa shape index (κ1) is 15.6. The average Bonchev–Trinajstić information content (AvgIpc) is 2.83. The topological polar surface area (TPSA) is 25.2 Å². The summed E-state index contributed by atoms with van der Waals surface area (Å²) >= 11 is 6.18. The maximum absolute atomic E-state index is 12.5. The molecule has 0 N–H and O–H groups in total. The van der Waals surface area contributed by atoms with Crippen LogP contribution in [0.3, 0.4) is 0 Å². The third-order valence-electron chi connectivity index (χ3n) is 4.76. The third-order valence-corrected chi connectivity index (χ3v) is 4.99. The number of carbonyl (C=O) groups excluding carboxylic acids is 1. The van der Waals surface area contributed by atoms with Gasteiger partial charge < -0.3 is 9.47 Å². The van der Waals surface area contributed by atoms with Crippen molar-refractivity contribution in [2.75, 3.05) is 19.6 Å². The van der Waals surface area contributed by atoms with Crippen LogP contribution in [0, 0.1) is 0 Å². The fourth-order valence-corrected chi connectivity index (χ4v) is 3.70. The number of ketones is 1. The number of benzene rings is 1. The Morgan fingerprint density at radius 3 is 2.73 bits per heavy atom. The largest absolute Gasteiger partial charge is 0.337 e. The van der Waals surface area contributed by atoms with E-state index in [1.165, 1.54) is 5.56 Å². The standard InChI is InChI=1S/C18H23ClN2O/c1-3-20(4-2)10-11-21-16-9-8-13(19)12-15(16)14-6-5-7-17(22)18(14)21/h8-9,12H,3-7,10-11H2,1-2H3. The minimum Gasteiger partial charge on any atom is -0.337 e. The Balaban J connectivity index is 2.07. The molecule has 0 fully saturated rings. The summed E-state index contributed by atoms with van der Waals surface area (Å²) in [6.07, 6.45) is 2.60. The van der Waals surface area contributed by atoms with Gasteiger partial charge in [-0.25, -0.2) is 0 Å². The van der Waals surface area contributed by atoms with Gasteiger partial charge in [0.1, 0.15) is 0 Å². The van der Waals surface area contributed by atoms with Gasteiger partial charge in [0.15, 0.2) is 5.78 Å². The first-order valence-corrected chi connectivity index (χ1v) is 8.59. The molecule has 0 unspecified atom stereocenters. The molecule has 0 spiro atoms. The first-order chi connectivity index (χ1) is 10.7. The number of hydrogen-bond donors (Lipinski definition) is 0. The van der Waals surface area contributed by atoms with Gasteiger partial charge in [0.25, 0.3) is 0 Å². The molecular weight excluding hydrogens is 296 g/mol. The van der Waals surface area contributed by atoms with Crippen molar-refractivity contribution in [1.29, 1.82) is 0 Å². The van der Waals surface area contributed by atoms with Crippen LogP contribution in [0.2, 0.25) is 5.02 Å². The zero-order valence-corrected chi connectivity index (χ0v) is 14.1. The van der Waals surface area contributed by atoms with Gasteiger partial charge in [-0.05, 0) is 49.7 Å². The maximum Gasteiger partial charge on any atom is 0.179 e. The number of carbonyl (C=O) groups is 1. The van der Waals surface area contributed by atoms with E-state index in [2.05, 4.69) is 29.4 Å². The molecule has 1 aliphatic rings. The maximum atomic E-state index is 12.5. The third kappa shape index (κ3) is 2.68. The predicted molar refractivity (Wildman–Crippen MR) is 92.0 cm³/mol. The second-order valence-corrected chi connectivity index (χ2v) is 6.38. The van der Waals surface area contributed by atoms with E-state index >= 15 is 0 Å². The lowest BCUT2D eigenvalue weighted by atomic mass is 9.94. The fourth-order valence-electron chi connectivity index (χ4n) is 3.53. The number of halogens is 1. The van der Waals surface area contributed by atoms with E-state index in [4.69, 9.17) is 11.6 Å². The van der Waals surface area contributed by atoms with E-state index in [0.717, 1.165) is 60.6 Å². The second-order valence-electron chi connectivity index (χ2n) is 5.94. The number of likely N-dealkylation sites (N-methyl/N-ethyl adjacent to an activating group) is 1. The quantitative estimate of drug-likeness (QED) is 0.827. The molecule has 1 heterocycles. The van der Waals surface area contributed by atoms with Gasteiger partial charge in [0.2, 0.25) is 0 Å². The summed E-state index contributed by atoms with van der Waals surface area (Å²) in [6, 6.07) is 6.00. The summed E-state index contributed by atoms with van der Waals surface area (Å²) in [5.74, 6) is 0.285. The van der Waals surface area contributed by atoms with Crippen molar-refractivity contribution >= 4 is 28.3 Å². The number of Topliss-reactive ketones (excluding diaryl/α,β-unsaturated/α-hetero) is 1. The van der Waals surface area contributed by atoms with Crippen LogP contribution in [0.15, 0.2) is 18.2 Å². The molecule has 22 heavy (non-hydrogen) atoms. The van der Waals surface area contributed by atoms with Crippen LogP contribution in [0.4, 0.5) is 0 Å². The molecule has 1 aromatic carbocycles. The van der Waals surface area contributed by atoms with E-state index in [0.29, 0.717) is 6.42 Å². The van der Waals surface area contributed by atoms with E-state index in [1.807, 2.05) is 12.1 Å². The van der Waals surface area contributed by atoms with Crippen LogP contribution < -0.4 is 0 Å². The highest BCUT2D eigenvalue weighted by Gasteiger charge is 2.25. The lowest BCUT2D eigenvalue weighted by Crippen LogP contribution is -2.28. The predicted octanol–water partition coefficient (Wildman–Crippen LogP) is 4.16. The number of aromatic nitrogens is 1. The molecule has 0 saturated carbocycles. The summed E-state index contributed by atoms with van der Waals surface area (Å²) < 4.78 is 2.22. The molecule has 4 heteroatoms. The Kier molecular flexibility index (Phi) is 4.55. The minimum absolute atomic E-state index is 0.285. The summed E-state index contributed by atoms with van der Waals surface area (Å²) in [6.45, 7) is 8.27. The van der Waals surface area contributed by atoms with Crippen molar-refractivity contribution in [3.05, 3.63) is 34.5 Å². The molecule has 0 radical (unpaired) electrons. The van der Waals surface area contributed by atoms with E-state index in [-0.39, 0.29) is 5.78 Å². The SMILES string of the molecule is CCN(CC)CCn1c2c(c3cc(Cl)ccc31)CCCC2=O. The smallest absolute Gasteiger partial charge is 0.179 e. The van der Waals surface area contributed by atoms with Gasteiger partial charge in [-0.15, -0.1) is 0 Å². The molecule has 3 rings (SSSR count). The van der Waals surface area contributed by atoms with E-state index in [9.17, 15) is 4.79 Å². The molecule has 3 nitrogen and oxygen atoms in total. The van der Waals surface area contributed by atoms with Gasteiger partial charge in [0.05, 0.1) is 5.69 Å². The van der Waals surface area contributed by atoms with Crippen LogP contribution >= 0.6 is 11.6 Å². The van der Waals surface area contributed by atoms with Crippen LogP contribution in [0.25, 0.3) is 10.9 Å². The average molecular weight is 319 g/mol. The summed E-state index contributed by atoms with van der Waals surface area (Å²) in [5.41, 5.74) is 3.28. The van der Waals surface area contributed by atoms with E-state index in [1.54, 1.807) is 0 Å². The van der Waals surface area contributed by atoms with Crippen molar-refractivity contribution in [2.24, 2.45) is 0 Å².